The Hall–Kier alpha value is -3.25. The van der Waals surface area contributed by atoms with Crippen molar-refractivity contribution in [1.29, 1.82) is 0 Å². The van der Waals surface area contributed by atoms with E-state index >= 15 is 0 Å². The van der Waals surface area contributed by atoms with E-state index in [1.165, 1.54) is 32.4 Å². The quantitative estimate of drug-likeness (QED) is 0.193. The van der Waals surface area contributed by atoms with Crippen LogP contribution in [-0.4, -0.2) is 61.2 Å². The first-order chi connectivity index (χ1) is 24.0. The van der Waals surface area contributed by atoms with E-state index in [0.717, 1.165) is 63.1 Å². The number of ether oxygens (including phenoxy) is 4. The Bertz CT molecular complexity index is 1730. The summed E-state index contributed by atoms with van der Waals surface area (Å²) >= 11 is 0. The fourth-order valence-electron chi connectivity index (χ4n) is 6.47. The highest BCUT2D eigenvalue weighted by Gasteiger charge is 2.43. The Balaban J connectivity index is 1.38. The molecule has 3 heterocycles. The van der Waals surface area contributed by atoms with Gasteiger partial charge in [0.15, 0.2) is 6.10 Å². The van der Waals surface area contributed by atoms with E-state index < -0.39 is 29.0 Å². The first-order valence-electron chi connectivity index (χ1n) is 18.7. The van der Waals surface area contributed by atoms with Crippen LogP contribution in [0.25, 0.3) is 11.1 Å². The van der Waals surface area contributed by atoms with Gasteiger partial charge in [-0.05, 0) is 104 Å². The van der Waals surface area contributed by atoms with E-state index in [0.29, 0.717) is 6.61 Å². The van der Waals surface area contributed by atoms with Crippen molar-refractivity contribution in [3.8, 4) is 28.7 Å². The standard InChI is InChI=1S/C42H59NO6Si2/c1-41(2,3)50(8,9)48-31-20-22-34-35(27-31)46-39(29-15-17-30(18-16-29)45-26-25-43-23-13-12-14-24-43)37-33-21-19-32(49-51(10,11)42(4,5)6)28-36(33)47-40(44-7)38(34)37/h15-22,27-28,39-40H,12-14,23-26H2,1-11H3. The van der Waals surface area contributed by atoms with Gasteiger partial charge in [-0.15, -0.1) is 0 Å². The van der Waals surface area contributed by atoms with Crippen LogP contribution < -0.4 is 23.1 Å². The fraction of sp³-hybridized carbons (Fsp3) is 0.524. The summed E-state index contributed by atoms with van der Waals surface area (Å²) in [7, 11) is -2.45. The molecule has 276 valence electrons. The molecule has 0 radical (unpaired) electrons. The zero-order valence-corrected chi connectivity index (χ0v) is 34.8. The smallest absolute Gasteiger partial charge is 0.250 e. The van der Waals surface area contributed by atoms with Crippen LogP contribution in [0.1, 0.15) is 83.6 Å². The second kappa shape index (κ2) is 14.3. The van der Waals surface area contributed by atoms with Gasteiger partial charge in [0.05, 0.1) is 0 Å². The van der Waals surface area contributed by atoms with Gasteiger partial charge in [-0.1, -0.05) is 60.1 Å². The Kier molecular flexibility index (Phi) is 10.5. The van der Waals surface area contributed by atoms with E-state index in [1.807, 2.05) is 12.1 Å². The number of hydrogen-bond donors (Lipinski definition) is 0. The van der Waals surface area contributed by atoms with Crippen molar-refractivity contribution < 1.29 is 27.8 Å². The van der Waals surface area contributed by atoms with Gasteiger partial charge in [-0.25, -0.2) is 0 Å². The third-order valence-corrected chi connectivity index (χ3v) is 20.4. The molecule has 0 aliphatic carbocycles. The molecule has 7 nitrogen and oxygen atoms in total. The average Bonchev–Trinajstić information content (AvgIpc) is 3.06. The SMILES string of the molecule is COC1Oc2cc(O[Si](C)(C)C(C)(C)C)ccc2C2=C1c1ccc(O[Si](C)(C)C(C)(C)C)cc1OC2c1ccc(OCCN2CCCCC2)cc1. The molecule has 51 heavy (non-hydrogen) atoms. The molecule has 0 spiro atoms. The first kappa shape index (κ1) is 37.5. The average molecular weight is 730 g/mol. The zero-order chi connectivity index (χ0) is 36.8. The maximum atomic E-state index is 7.03. The minimum Gasteiger partial charge on any atom is -0.543 e. The minimum absolute atomic E-state index is 0.0643. The third kappa shape index (κ3) is 7.92. The molecular formula is C42H59NO6Si2. The Morgan fingerprint density at radius 3 is 1.71 bits per heavy atom. The number of benzene rings is 3. The van der Waals surface area contributed by atoms with Gasteiger partial charge in [0, 0.05) is 48.1 Å². The number of rotatable bonds is 10. The lowest BCUT2D eigenvalue weighted by Gasteiger charge is -2.40. The summed E-state index contributed by atoms with van der Waals surface area (Å²) in [4.78, 5) is 2.50. The highest BCUT2D eigenvalue weighted by Crippen LogP contribution is 2.54. The Morgan fingerprint density at radius 2 is 1.18 bits per heavy atom. The summed E-state index contributed by atoms with van der Waals surface area (Å²) in [6, 6.07) is 20.8. The molecule has 1 saturated heterocycles. The molecule has 6 rings (SSSR count). The van der Waals surface area contributed by atoms with Gasteiger partial charge in [0.25, 0.3) is 0 Å². The molecule has 0 saturated carbocycles. The fourth-order valence-corrected chi connectivity index (χ4v) is 8.51. The van der Waals surface area contributed by atoms with E-state index in [1.54, 1.807) is 7.11 Å². The summed E-state index contributed by atoms with van der Waals surface area (Å²) in [6.45, 7) is 26.5. The molecule has 9 heteroatoms. The normalized spacial score (nSPS) is 19.7. The number of nitrogens with zero attached hydrogens (tertiary/aromatic N) is 1. The highest BCUT2D eigenvalue weighted by molar-refractivity contribution is 6.75. The second-order valence-corrected chi connectivity index (χ2v) is 26.8. The first-order valence-corrected chi connectivity index (χ1v) is 24.5. The Morgan fingerprint density at radius 1 is 0.667 bits per heavy atom. The number of hydrogen-bond acceptors (Lipinski definition) is 7. The van der Waals surface area contributed by atoms with Crippen molar-refractivity contribution >= 4 is 27.8 Å². The van der Waals surface area contributed by atoms with Crippen molar-refractivity contribution in [2.45, 2.75) is 109 Å². The number of likely N-dealkylation sites (tertiary alicyclic amines) is 1. The van der Waals surface area contributed by atoms with Crippen LogP contribution in [0.5, 0.6) is 28.7 Å². The molecule has 3 aliphatic heterocycles. The predicted octanol–water partition coefficient (Wildman–Crippen LogP) is 10.7. The van der Waals surface area contributed by atoms with Crippen molar-refractivity contribution in [2.24, 2.45) is 0 Å². The number of piperidine rings is 1. The molecule has 2 unspecified atom stereocenters. The van der Waals surface area contributed by atoms with Gasteiger partial charge in [-0.2, -0.15) is 0 Å². The highest BCUT2D eigenvalue weighted by atomic mass is 28.4. The van der Waals surface area contributed by atoms with Crippen LogP contribution in [0.4, 0.5) is 0 Å². The van der Waals surface area contributed by atoms with Crippen LogP contribution >= 0.6 is 0 Å². The van der Waals surface area contributed by atoms with Crippen molar-refractivity contribution in [3.05, 3.63) is 77.4 Å². The molecule has 3 aromatic rings. The van der Waals surface area contributed by atoms with Gasteiger partial charge < -0.3 is 27.8 Å². The summed E-state index contributed by atoms with van der Waals surface area (Å²) < 4.78 is 39.5. The summed E-state index contributed by atoms with van der Waals surface area (Å²) in [6.07, 6.45) is 2.85. The minimum atomic E-state index is -2.08. The summed E-state index contributed by atoms with van der Waals surface area (Å²) in [5.41, 5.74) is 4.94. The molecule has 1 fully saturated rings. The number of methoxy groups -OCH3 is 1. The zero-order valence-electron chi connectivity index (χ0n) is 32.8. The van der Waals surface area contributed by atoms with Crippen LogP contribution in [0, 0.1) is 0 Å². The van der Waals surface area contributed by atoms with Gasteiger partial charge in [0.1, 0.15) is 35.4 Å². The molecule has 0 bridgehead atoms. The molecule has 0 aromatic heterocycles. The maximum Gasteiger partial charge on any atom is 0.250 e. The Labute approximate surface area is 308 Å². The summed E-state index contributed by atoms with van der Waals surface area (Å²) in [5, 5.41) is 0.131. The number of fused-ring (bicyclic) bond motifs is 4. The molecule has 0 N–H and O–H groups in total. The van der Waals surface area contributed by atoms with Crippen LogP contribution in [-0.2, 0) is 4.74 Å². The summed E-state index contributed by atoms with van der Waals surface area (Å²) in [5.74, 6) is 3.97. The molecule has 3 aromatic carbocycles. The van der Waals surface area contributed by atoms with Gasteiger partial charge in [-0.3, -0.25) is 4.90 Å². The maximum absolute atomic E-state index is 7.03. The van der Waals surface area contributed by atoms with Crippen molar-refractivity contribution in [2.75, 3.05) is 33.4 Å². The molecule has 3 aliphatic rings. The van der Waals surface area contributed by atoms with E-state index in [4.69, 9.17) is 27.8 Å². The third-order valence-electron chi connectivity index (χ3n) is 11.6. The molecule has 2 atom stereocenters. The van der Waals surface area contributed by atoms with Crippen LogP contribution in [0.2, 0.25) is 36.3 Å². The topological polar surface area (TPSA) is 58.6 Å². The van der Waals surface area contributed by atoms with Gasteiger partial charge >= 0.3 is 0 Å². The lowest BCUT2D eigenvalue weighted by Crippen LogP contribution is -2.43. The van der Waals surface area contributed by atoms with Crippen molar-refractivity contribution in [1.82, 2.24) is 4.90 Å². The van der Waals surface area contributed by atoms with Crippen LogP contribution in [0.3, 0.4) is 0 Å². The van der Waals surface area contributed by atoms with E-state index in [2.05, 4.69) is 121 Å². The predicted molar refractivity (Wildman–Crippen MR) is 212 cm³/mol. The van der Waals surface area contributed by atoms with Crippen molar-refractivity contribution in [3.63, 3.8) is 0 Å². The monoisotopic (exact) mass is 729 g/mol. The van der Waals surface area contributed by atoms with E-state index in [9.17, 15) is 0 Å². The van der Waals surface area contributed by atoms with Crippen LogP contribution in [0.15, 0.2) is 60.7 Å². The molecule has 0 amide bonds. The molecular weight excluding hydrogens is 671 g/mol. The second-order valence-electron chi connectivity index (χ2n) is 17.4. The van der Waals surface area contributed by atoms with Gasteiger partial charge in [0.2, 0.25) is 22.9 Å². The largest absolute Gasteiger partial charge is 0.543 e. The lowest BCUT2D eigenvalue weighted by atomic mass is 9.83. The van der Waals surface area contributed by atoms with E-state index in [-0.39, 0.29) is 10.1 Å². The lowest BCUT2D eigenvalue weighted by molar-refractivity contribution is -0.0110.